The lowest BCUT2D eigenvalue weighted by molar-refractivity contribution is 0.102. The van der Waals surface area contributed by atoms with E-state index in [-0.39, 0.29) is 12.5 Å². The van der Waals surface area contributed by atoms with Gasteiger partial charge in [0.1, 0.15) is 17.3 Å². The van der Waals surface area contributed by atoms with Gasteiger partial charge in [0.05, 0.1) is 24.4 Å². The van der Waals surface area contributed by atoms with Gasteiger partial charge < -0.3 is 14.8 Å². The highest BCUT2D eigenvalue weighted by atomic mass is 16.3. The zero-order valence-corrected chi connectivity index (χ0v) is 14.5. The van der Waals surface area contributed by atoms with E-state index in [0.717, 1.165) is 16.8 Å². The Labute approximate surface area is 146 Å². The van der Waals surface area contributed by atoms with E-state index < -0.39 is 0 Å². The molecule has 0 radical (unpaired) electrons. The van der Waals surface area contributed by atoms with E-state index in [0.29, 0.717) is 29.4 Å². The first kappa shape index (κ1) is 17.0. The molecule has 6 nitrogen and oxygen atoms in total. The third-order valence-corrected chi connectivity index (χ3v) is 4.04. The summed E-state index contributed by atoms with van der Waals surface area (Å²) in [7, 11) is 0. The molecular formula is C19H21N3O3. The number of hydrogen-bond donors (Lipinski definition) is 2. The van der Waals surface area contributed by atoms with Crippen LogP contribution in [-0.4, -0.2) is 27.4 Å². The van der Waals surface area contributed by atoms with Gasteiger partial charge in [-0.2, -0.15) is 5.10 Å². The van der Waals surface area contributed by atoms with E-state index in [1.165, 1.54) is 0 Å². The van der Waals surface area contributed by atoms with Crippen LogP contribution in [0.1, 0.15) is 27.4 Å². The zero-order chi connectivity index (χ0) is 18.0. The normalized spacial score (nSPS) is 10.9. The second-order valence-electron chi connectivity index (χ2n) is 5.96. The number of aliphatic hydroxyl groups excluding tert-OH is 1. The van der Waals surface area contributed by atoms with Crippen LogP contribution in [-0.2, 0) is 6.54 Å². The van der Waals surface area contributed by atoms with Gasteiger partial charge in [0.25, 0.3) is 5.91 Å². The number of aromatic nitrogens is 2. The van der Waals surface area contributed by atoms with Gasteiger partial charge >= 0.3 is 0 Å². The Hall–Kier alpha value is -2.86. The average Bonchev–Trinajstić information content (AvgIpc) is 3.11. The molecule has 0 saturated carbocycles. The molecule has 0 unspecified atom stereocenters. The molecule has 3 aromatic rings. The highest BCUT2D eigenvalue weighted by Gasteiger charge is 2.17. The van der Waals surface area contributed by atoms with Crippen molar-refractivity contribution in [2.45, 2.75) is 27.3 Å². The van der Waals surface area contributed by atoms with Gasteiger partial charge in [-0.05, 0) is 32.4 Å². The number of anilines is 1. The van der Waals surface area contributed by atoms with Crippen molar-refractivity contribution in [3.63, 3.8) is 0 Å². The molecule has 0 aliphatic rings. The Bertz CT molecular complexity index is 909. The molecule has 2 N–H and O–H groups in total. The van der Waals surface area contributed by atoms with Crippen molar-refractivity contribution < 1.29 is 14.3 Å². The van der Waals surface area contributed by atoms with E-state index in [1.807, 2.05) is 37.3 Å². The lowest BCUT2D eigenvalue weighted by Gasteiger charge is -2.06. The smallest absolute Gasteiger partial charge is 0.260 e. The maximum atomic E-state index is 12.5. The quantitative estimate of drug-likeness (QED) is 0.747. The molecule has 25 heavy (non-hydrogen) atoms. The molecule has 6 heteroatoms. The fourth-order valence-corrected chi connectivity index (χ4v) is 2.81. The van der Waals surface area contributed by atoms with Crippen molar-refractivity contribution in [2.75, 3.05) is 11.9 Å². The van der Waals surface area contributed by atoms with Crippen LogP contribution in [0.4, 0.5) is 5.82 Å². The number of aryl methyl sites for hydroxylation is 3. The Morgan fingerprint density at radius 2 is 2.00 bits per heavy atom. The summed E-state index contributed by atoms with van der Waals surface area (Å²) in [6, 6.07) is 11.4. The number of nitrogens with one attached hydrogen (secondary N) is 1. The summed E-state index contributed by atoms with van der Waals surface area (Å²) in [6.45, 7) is 5.80. The van der Waals surface area contributed by atoms with Crippen molar-refractivity contribution >= 4 is 11.7 Å². The van der Waals surface area contributed by atoms with Crippen molar-refractivity contribution in [1.29, 1.82) is 0 Å². The molecule has 1 amide bonds. The third-order valence-electron chi connectivity index (χ3n) is 4.04. The summed E-state index contributed by atoms with van der Waals surface area (Å²) in [5, 5.41) is 16.7. The highest BCUT2D eigenvalue weighted by molar-refractivity contribution is 6.04. The standard InChI is InChI=1S/C19H21N3O3/c1-12-6-4-5-7-15(12)17-11-18(22(21-17)8-9-23)20-19(24)16-10-13(2)25-14(16)3/h4-7,10-11,23H,8-9H2,1-3H3,(H,20,24). The first-order valence-corrected chi connectivity index (χ1v) is 8.12. The molecule has 0 saturated heterocycles. The molecule has 0 atom stereocenters. The monoisotopic (exact) mass is 339 g/mol. The van der Waals surface area contributed by atoms with Gasteiger partial charge in [-0.15, -0.1) is 0 Å². The molecule has 0 bridgehead atoms. The minimum atomic E-state index is -0.259. The van der Waals surface area contributed by atoms with Crippen molar-refractivity contribution in [2.24, 2.45) is 0 Å². The van der Waals surface area contributed by atoms with Gasteiger partial charge in [0.2, 0.25) is 0 Å². The topological polar surface area (TPSA) is 80.3 Å². The number of carbonyl (C=O) groups is 1. The lowest BCUT2D eigenvalue weighted by Crippen LogP contribution is -2.16. The molecule has 0 spiro atoms. The van der Waals surface area contributed by atoms with Crippen LogP contribution in [0.5, 0.6) is 0 Å². The summed E-state index contributed by atoms with van der Waals surface area (Å²) in [5.74, 6) is 1.54. The van der Waals surface area contributed by atoms with Crippen molar-refractivity contribution in [3.05, 3.63) is 59.0 Å². The van der Waals surface area contributed by atoms with Crippen LogP contribution >= 0.6 is 0 Å². The molecule has 0 fully saturated rings. The molecule has 0 aliphatic heterocycles. The predicted molar refractivity (Wildman–Crippen MR) is 95.6 cm³/mol. The fourth-order valence-electron chi connectivity index (χ4n) is 2.81. The van der Waals surface area contributed by atoms with E-state index in [9.17, 15) is 9.90 Å². The summed E-state index contributed by atoms with van der Waals surface area (Å²) in [6.07, 6.45) is 0. The maximum absolute atomic E-state index is 12.5. The molecule has 3 rings (SSSR count). The number of hydrogen-bond acceptors (Lipinski definition) is 4. The van der Waals surface area contributed by atoms with E-state index in [4.69, 9.17) is 4.42 Å². The van der Waals surface area contributed by atoms with Crippen LogP contribution < -0.4 is 5.32 Å². The first-order valence-electron chi connectivity index (χ1n) is 8.12. The molecule has 2 aromatic heterocycles. The minimum absolute atomic E-state index is 0.0678. The molecule has 2 heterocycles. The van der Waals surface area contributed by atoms with Crippen LogP contribution in [0.15, 0.2) is 40.8 Å². The fraction of sp³-hybridized carbons (Fsp3) is 0.263. The number of carbonyl (C=O) groups excluding carboxylic acids is 1. The number of benzene rings is 1. The SMILES string of the molecule is Cc1cc(C(=O)Nc2cc(-c3ccccc3C)nn2CCO)c(C)o1. The predicted octanol–water partition coefficient (Wildman–Crippen LogP) is 3.31. The van der Waals surface area contributed by atoms with E-state index >= 15 is 0 Å². The third kappa shape index (κ3) is 3.49. The highest BCUT2D eigenvalue weighted by Crippen LogP contribution is 2.25. The molecule has 1 aromatic carbocycles. The summed E-state index contributed by atoms with van der Waals surface area (Å²) in [4.78, 5) is 12.5. The van der Waals surface area contributed by atoms with E-state index in [1.54, 1.807) is 24.6 Å². The second kappa shape index (κ2) is 6.94. The van der Waals surface area contributed by atoms with Crippen LogP contribution in [0, 0.1) is 20.8 Å². The van der Waals surface area contributed by atoms with Gasteiger partial charge in [-0.25, -0.2) is 4.68 Å². The number of nitrogens with zero attached hydrogens (tertiary/aromatic N) is 2. The Balaban J connectivity index is 1.94. The zero-order valence-electron chi connectivity index (χ0n) is 14.5. The summed E-state index contributed by atoms with van der Waals surface area (Å²) in [5.41, 5.74) is 3.33. The van der Waals surface area contributed by atoms with Gasteiger partial charge in [-0.1, -0.05) is 24.3 Å². The Morgan fingerprint density at radius 3 is 2.64 bits per heavy atom. The number of aliphatic hydroxyl groups is 1. The average molecular weight is 339 g/mol. The minimum Gasteiger partial charge on any atom is -0.466 e. The molecular weight excluding hydrogens is 318 g/mol. The lowest BCUT2D eigenvalue weighted by atomic mass is 10.1. The van der Waals surface area contributed by atoms with Gasteiger partial charge in [-0.3, -0.25) is 4.79 Å². The van der Waals surface area contributed by atoms with Crippen molar-refractivity contribution in [3.8, 4) is 11.3 Å². The number of amides is 1. The summed E-state index contributed by atoms with van der Waals surface area (Å²) >= 11 is 0. The van der Waals surface area contributed by atoms with Crippen LogP contribution in [0.25, 0.3) is 11.3 Å². The Morgan fingerprint density at radius 1 is 1.24 bits per heavy atom. The van der Waals surface area contributed by atoms with Crippen molar-refractivity contribution in [1.82, 2.24) is 9.78 Å². The number of rotatable bonds is 5. The maximum Gasteiger partial charge on any atom is 0.260 e. The van der Waals surface area contributed by atoms with Gasteiger partial charge in [0, 0.05) is 11.6 Å². The first-order chi connectivity index (χ1) is 12.0. The van der Waals surface area contributed by atoms with E-state index in [2.05, 4.69) is 10.4 Å². The molecule has 0 aliphatic carbocycles. The Kier molecular flexibility index (Phi) is 4.72. The van der Waals surface area contributed by atoms with Crippen LogP contribution in [0.2, 0.25) is 0 Å². The second-order valence-corrected chi connectivity index (χ2v) is 5.96. The van der Waals surface area contributed by atoms with Gasteiger partial charge in [0.15, 0.2) is 0 Å². The number of furan rings is 1. The molecule has 130 valence electrons. The summed E-state index contributed by atoms with van der Waals surface area (Å²) < 4.78 is 7.02. The van der Waals surface area contributed by atoms with Crippen LogP contribution in [0.3, 0.4) is 0 Å². The largest absolute Gasteiger partial charge is 0.466 e.